The minimum Gasteiger partial charge on any atom is -0.134 e. The Morgan fingerprint density at radius 1 is 0.909 bits per heavy atom. The van der Waals surface area contributed by atoms with E-state index < -0.39 is 0 Å². The van der Waals surface area contributed by atoms with Crippen molar-refractivity contribution in [2.75, 3.05) is 0 Å². The molecule has 0 saturated carbocycles. The van der Waals surface area contributed by atoms with Crippen LogP contribution < -0.4 is 0 Å². The number of hydrogen-bond donors (Lipinski definition) is 0. The second-order valence-electron chi connectivity index (χ2n) is 4.66. The molecule has 0 radical (unpaired) electrons. The van der Waals surface area contributed by atoms with Gasteiger partial charge in [0.1, 0.15) is 0 Å². The lowest BCUT2D eigenvalue weighted by Gasteiger charge is -1.97. The van der Waals surface area contributed by atoms with Crippen LogP contribution in [0.1, 0.15) is 23.6 Å². The van der Waals surface area contributed by atoms with Gasteiger partial charge in [0, 0.05) is 19.2 Å². The number of thiophene rings is 2. The monoisotopic (exact) mass is 324 g/mol. The fourth-order valence-electron chi connectivity index (χ4n) is 2.10. The molecule has 2 aromatic rings. The van der Waals surface area contributed by atoms with E-state index in [1.807, 2.05) is 60.8 Å². The Labute approximate surface area is 140 Å². The minimum absolute atomic E-state index is 1.17. The number of fused-ring (bicyclic) bond motifs is 1. The smallest absolute Gasteiger partial charge is 0.0463 e. The Kier molecular flexibility index (Phi) is 5.93. The van der Waals surface area contributed by atoms with E-state index in [4.69, 9.17) is 0 Å². The van der Waals surface area contributed by atoms with Gasteiger partial charge in [-0.2, -0.15) is 0 Å². The number of allylic oxidation sites excluding steroid dienone is 10. The Morgan fingerprint density at radius 3 is 2.05 bits per heavy atom. The van der Waals surface area contributed by atoms with Crippen molar-refractivity contribution in [3.63, 3.8) is 0 Å². The van der Waals surface area contributed by atoms with Gasteiger partial charge < -0.3 is 0 Å². The SMILES string of the molecule is C=C/C=C(\C=C/C)c1cc2sc(/C(C=C)=C/C=C\C)cc2s1. The lowest BCUT2D eigenvalue weighted by atomic mass is 10.2. The summed E-state index contributed by atoms with van der Waals surface area (Å²) in [4.78, 5) is 2.55. The normalized spacial score (nSPS) is 13.5. The fourth-order valence-corrected chi connectivity index (χ4v) is 4.52. The second-order valence-corrected chi connectivity index (χ2v) is 6.83. The van der Waals surface area contributed by atoms with Crippen molar-refractivity contribution in [2.45, 2.75) is 13.8 Å². The highest BCUT2D eigenvalue weighted by Gasteiger charge is 2.09. The number of rotatable bonds is 6. The molecule has 0 aliphatic rings. The third-order valence-electron chi connectivity index (χ3n) is 3.11. The Morgan fingerprint density at radius 2 is 1.55 bits per heavy atom. The van der Waals surface area contributed by atoms with Crippen LogP contribution in [-0.4, -0.2) is 0 Å². The van der Waals surface area contributed by atoms with Gasteiger partial charge in [-0.15, -0.1) is 22.7 Å². The molecule has 2 heteroatoms. The van der Waals surface area contributed by atoms with Gasteiger partial charge in [-0.3, -0.25) is 0 Å². The molecule has 0 N–H and O–H groups in total. The third-order valence-corrected chi connectivity index (χ3v) is 5.50. The van der Waals surface area contributed by atoms with E-state index in [9.17, 15) is 0 Å². The summed E-state index contributed by atoms with van der Waals surface area (Å²) in [5.41, 5.74) is 2.38. The van der Waals surface area contributed by atoms with E-state index in [2.05, 4.69) is 49.6 Å². The molecule has 0 spiro atoms. The Hall–Kier alpha value is -1.90. The molecular weight excluding hydrogens is 304 g/mol. The molecule has 0 bridgehead atoms. The van der Waals surface area contributed by atoms with Crippen LogP contribution in [0.3, 0.4) is 0 Å². The summed E-state index contributed by atoms with van der Waals surface area (Å²) in [7, 11) is 0. The maximum Gasteiger partial charge on any atom is 0.0463 e. The maximum absolute atomic E-state index is 3.92. The van der Waals surface area contributed by atoms with E-state index >= 15 is 0 Å². The van der Waals surface area contributed by atoms with Gasteiger partial charge in [0.05, 0.1) is 0 Å². The zero-order valence-electron chi connectivity index (χ0n) is 13.0. The summed E-state index contributed by atoms with van der Waals surface area (Å²) in [5, 5.41) is 0. The molecule has 0 amide bonds. The zero-order chi connectivity index (χ0) is 15.9. The quantitative estimate of drug-likeness (QED) is 0.491. The van der Waals surface area contributed by atoms with Crippen LogP contribution in [0.2, 0.25) is 0 Å². The maximum atomic E-state index is 3.92. The first-order valence-electron chi connectivity index (χ1n) is 7.18. The molecule has 22 heavy (non-hydrogen) atoms. The van der Waals surface area contributed by atoms with E-state index in [1.54, 1.807) is 0 Å². The molecule has 0 unspecified atom stereocenters. The molecule has 0 aromatic carbocycles. The van der Waals surface area contributed by atoms with E-state index in [0.717, 1.165) is 0 Å². The van der Waals surface area contributed by atoms with Crippen molar-refractivity contribution in [1.29, 1.82) is 0 Å². The predicted octanol–water partition coefficient (Wildman–Crippen LogP) is 7.25. The largest absolute Gasteiger partial charge is 0.134 e. The topological polar surface area (TPSA) is 0 Å². The standard InChI is InChI=1S/C20H20S2/c1-5-9-12-15(8-4)17-13-19-20(21-17)14-18(22-19)16(10-6-2)11-7-3/h5-14H,2,4H2,1,3H3/b9-5-,11-7-,15-12+,16-10+. The van der Waals surface area contributed by atoms with E-state index in [0.29, 0.717) is 0 Å². The molecule has 2 rings (SSSR count). The average Bonchev–Trinajstić information content (AvgIpc) is 3.06. The first-order chi connectivity index (χ1) is 10.7. The first-order valence-corrected chi connectivity index (χ1v) is 8.81. The van der Waals surface area contributed by atoms with Gasteiger partial charge in [0.25, 0.3) is 0 Å². The van der Waals surface area contributed by atoms with Crippen molar-refractivity contribution in [2.24, 2.45) is 0 Å². The summed E-state index contributed by atoms with van der Waals surface area (Å²) in [6, 6.07) is 4.52. The van der Waals surface area contributed by atoms with Crippen molar-refractivity contribution in [1.82, 2.24) is 0 Å². The highest BCUT2D eigenvalue weighted by atomic mass is 32.1. The molecule has 2 aromatic heterocycles. The van der Waals surface area contributed by atoms with Crippen LogP contribution >= 0.6 is 22.7 Å². The van der Waals surface area contributed by atoms with Crippen molar-refractivity contribution in [3.8, 4) is 0 Å². The predicted molar refractivity (Wildman–Crippen MR) is 106 cm³/mol. The van der Waals surface area contributed by atoms with E-state index in [-0.39, 0.29) is 0 Å². The lowest BCUT2D eigenvalue weighted by molar-refractivity contribution is 1.73. The van der Waals surface area contributed by atoms with Gasteiger partial charge in [-0.1, -0.05) is 61.8 Å². The van der Waals surface area contributed by atoms with Gasteiger partial charge in [-0.25, -0.2) is 0 Å². The van der Waals surface area contributed by atoms with Gasteiger partial charge in [0.2, 0.25) is 0 Å². The highest BCUT2D eigenvalue weighted by Crippen LogP contribution is 2.39. The first kappa shape index (κ1) is 16.5. The van der Waals surface area contributed by atoms with Crippen molar-refractivity contribution in [3.05, 3.63) is 83.7 Å². The van der Waals surface area contributed by atoms with Crippen LogP contribution in [0.4, 0.5) is 0 Å². The zero-order valence-corrected chi connectivity index (χ0v) is 14.6. The van der Waals surface area contributed by atoms with Crippen LogP contribution in [0.15, 0.2) is 73.9 Å². The summed E-state index contributed by atoms with van der Waals surface area (Å²) in [6.45, 7) is 11.8. The Balaban J connectivity index is 2.43. The third kappa shape index (κ3) is 3.65. The van der Waals surface area contributed by atoms with Gasteiger partial charge >= 0.3 is 0 Å². The van der Waals surface area contributed by atoms with Gasteiger partial charge in [-0.05, 0) is 37.1 Å². The Bertz CT molecular complexity index is 757. The molecule has 0 aliphatic carbocycles. The van der Waals surface area contributed by atoms with E-state index in [1.165, 1.54) is 30.3 Å². The molecule has 0 aliphatic heterocycles. The summed E-state index contributed by atoms with van der Waals surface area (Å²) in [6.07, 6.45) is 16.2. The van der Waals surface area contributed by atoms with Crippen LogP contribution in [0.5, 0.6) is 0 Å². The highest BCUT2D eigenvalue weighted by molar-refractivity contribution is 7.28. The molecule has 112 valence electrons. The molecular formula is C20H20S2. The van der Waals surface area contributed by atoms with Crippen molar-refractivity contribution >= 4 is 43.2 Å². The molecule has 2 heterocycles. The summed E-state index contributed by atoms with van der Waals surface area (Å²) < 4.78 is 2.64. The van der Waals surface area contributed by atoms with Crippen LogP contribution in [-0.2, 0) is 0 Å². The second kappa shape index (κ2) is 7.92. The fraction of sp³-hybridized carbons (Fsp3) is 0.100. The summed E-state index contributed by atoms with van der Waals surface area (Å²) in [5.74, 6) is 0. The minimum atomic E-state index is 1.17. The van der Waals surface area contributed by atoms with Gasteiger partial charge in [0.15, 0.2) is 0 Å². The van der Waals surface area contributed by atoms with Crippen LogP contribution in [0, 0.1) is 0 Å². The van der Waals surface area contributed by atoms with Crippen LogP contribution in [0.25, 0.3) is 20.5 Å². The molecule has 0 saturated heterocycles. The van der Waals surface area contributed by atoms with Crippen molar-refractivity contribution < 1.29 is 0 Å². The molecule has 0 fully saturated rings. The average molecular weight is 325 g/mol. The molecule has 0 nitrogen and oxygen atoms in total. The number of hydrogen-bond acceptors (Lipinski definition) is 2. The lowest BCUT2D eigenvalue weighted by Crippen LogP contribution is -1.73. The molecule has 0 atom stereocenters. The summed E-state index contributed by atoms with van der Waals surface area (Å²) >= 11 is 3.64.